The molecule has 3 nitrogen and oxygen atoms in total. The van der Waals surface area contributed by atoms with E-state index in [4.69, 9.17) is 4.74 Å². The van der Waals surface area contributed by atoms with Gasteiger partial charge in [0.25, 0.3) is 0 Å². The van der Waals surface area contributed by atoms with Gasteiger partial charge in [-0.3, -0.25) is 0 Å². The zero-order chi connectivity index (χ0) is 11.9. The maximum absolute atomic E-state index is 5.87. The van der Waals surface area contributed by atoms with Gasteiger partial charge < -0.3 is 10.1 Å². The van der Waals surface area contributed by atoms with Gasteiger partial charge in [0.2, 0.25) is 0 Å². The van der Waals surface area contributed by atoms with Crippen molar-refractivity contribution in [2.45, 2.75) is 31.4 Å². The summed E-state index contributed by atoms with van der Waals surface area (Å²) in [4.78, 5) is 4.50. The van der Waals surface area contributed by atoms with Crippen LogP contribution in [0.1, 0.15) is 19.3 Å². The topological polar surface area (TPSA) is 34.1 Å². The largest absolute Gasteiger partial charge is 0.376 e. The van der Waals surface area contributed by atoms with Gasteiger partial charge in [0, 0.05) is 22.9 Å². The van der Waals surface area contributed by atoms with Crippen molar-refractivity contribution in [3.8, 4) is 0 Å². The van der Waals surface area contributed by atoms with E-state index in [0.29, 0.717) is 12.1 Å². The molecule has 1 aliphatic heterocycles. The van der Waals surface area contributed by atoms with Crippen LogP contribution >= 0.6 is 11.3 Å². The van der Waals surface area contributed by atoms with E-state index in [1.54, 1.807) is 11.3 Å². The Hall–Kier alpha value is -1.13. The molecule has 18 heavy (non-hydrogen) atoms. The third-order valence-corrected chi connectivity index (χ3v) is 4.81. The number of aromatic nitrogens is 1. The van der Waals surface area contributed by atoms with Crippen molar-refractivity contribution < 1.29 is 4.74 Å². The summed E-state index contributed by atoms with van der Waals surface area (Å²) in [7, 11) is 0. The second-order valence-electron chi connectivity index (χ2n) is 5.20. The molecule has 2 aromatic heterocycles. The maximum Gasteiger partial charge on any atom is 0.134 e. The fourth-order valence-corrected chi connectivity index (χ4v) is 3.62. The van der Waals surface area contributed by atoms with Gasteiger partial charge in [0.15, 0.2) is 0 Å². The van der Waals surface area contributed by atoms with E-state index in [0.717, 1.165) is 24.8 Å². The van der Waals surface area contributed by atoms with Crippen LogP contribution in [-0.2, 0) is 4.74 Å². The van der Waals surface area contributed by atoms with Crippen LogP contribution in [0.3, 0.4) is 0 Å². The van der Waals surface area contributed by atoms with E-state index in [-0.39, 0.29) is 0 Å². The van der Waals surface area contributed by atoms with Gasteiger partial charge >= 0.3 is 0 Å². The van der Waals surface area contributed by atoms with Crippen LogP contribution in [0.15, 0.2) is 23.7 Å². The Balaban J connectivity index is 1.61. The van der Waals surface area contributed by atoms with Gasteiger partial charge in [-0.15, -0.1) is 11.3 Å². The Morgan fingerprint density at radius 1 is 1.28 bits per heavy atom. The predicted molar refractivity (Wildman–Crippen MR) is 74.1 cm³/mol. The highest BCUT2D eigenvalue weighted by atomic mass is 32.1. The van der Waals surface area contributed by atoms with Crippen molar-refractivity contribution in [2.24, 2.45) is 5.92 Å². The second-order valence-corrected chi connectivity index (χ2v) is 6.15. The van der Waals surface area contributed by atoms with Gasteiger partial charge in [-0.25, -0.2) is 4.98 Å². The Labute approximate surface area is 110 Å². The molecule has 4 rings (SSSR count). The van der Waals surface area contributed by atoms with Gasteiger partial charge in [0.05, 0.1) is 12.1 Å². The summed E-state index contributed by atoms with van der Waals surface area (Å²) in [5.74, 6) is 1.81. The zero-order valence-corrected chi connectivity index (χ0v) is 11.0. The number of hydrogen-bond acceptors (Lipinski definition) is 4. The molecule has 1 aliphatic carbocycles. The Morgan fingerprint density at radius 2 is 2.22 bits per heavy atom. The first-order valence-electron chi connectivity index (χ1n) is 6.62. The molecule has 0 aromatic carbocycles. The normalized spacial score (nSPS) is 27.8. The van der Waals surface area contributed by atoms with Crippen LogP contribution in [0.25, 0.3) is 10.1 Å². The van der Waals surface area contributed by atoms with Gasteiger partial charge in [-0.05, 0) is 42.7 Å². The molecule has 0 amide bonds. The monoisotopic (exact) mass is 260 g/mol. The third kappa shape index (κ3) is 1.80. The molecule has 1 saturated carbocycles. The van der Waals surface area contributed by atoms with E-state index in [1.807, 2.05) is 6.20 Å². The zero-order valence-electron chi connectivity index (χ0n) is 10.1. The van der Waals surface area contributed by atoms with Crippen LogP contribution in [-0.4, -0.2) is 23.7 Å². The highest BCUT2D eigenvalue weighted by Crippen LogP contribution is 2.40. The Morgan fingerprint density at radius 3 is 3.11 bits per heavy atom. The number of ether oxygens (including phenoxy) is 1. The minimum absolute atomic E-state index is 0.403. The summed E-state index contributed by atoms with van der Waals surface area (Å²) < 4.78 is 7.17. The summed E-state index contributed by atoms with van der Waals surface area (Å²) in [5, 5.41) is 6.98. The lowest BCUT2D eigenvalue weighted by Gasteiger charge is -2.20. The highest BCUT2D eigenvalue weighted by molar-refractivity contribution is 7.17. The highest BCUT2D eigenvalue weighted by Gasteiger charge is 2.40. The maximum atomic E-state index is 5.87. The average molecular weight is 260 g/mol. The lowest BCUT2D eigenvalue weighted by atomic mass is 10.1. The van der Waals surface area contributed by atoms with Gasteiger partial charge in [0.1, 0.15) is 5.82 Å². The molecule has 4 heteroatoms. The SMILES string of the molecule is c1cc2sccc2c(NC2CCOC2C2CC2)n1. The van der Waals surface area contributed by atoms with Crippen molar-refractivity contribution in [3.05, 3.63) is 23.7 Å². The summed E-state index contributed by atoms with van der Waals surface area (Å²) in [6, 6.07) is 4.67. The number of anilines is 1. The number of rotatable bonds is 3. The quantitative estimate of drug-likeness (QED) is 0.919. The molecule has 1 saturated heterocycles. The molecule has 2 aromatic rings. The molecule has 2 unspecified atom stereocenters. The van der Waals surface area contributed by atoms with E-state index < -0.39 is 0 Å². The molecule has 0 spiro atoms. The van der Waals surface area contributed by atoms with Crippen molar-refractivity contribution in [1.82, 2.24) is 4.98 Å². The van der Waals surface area contributed by atoms with Crippen LogP contribution in [0, 0.1) is 5.92 Å². The average Bonchev–Trinajstić information content (AvgIpc) is 2.93. The molecule has 1 N–H and O–H groups in total. The van der Waals surface area contributed by atoms with E-state index in [9.17, 15) is 0 Å². The first kappa shape index (κ1) is 10.8. The molecule has 2 fully saturated rings. The van der Waals surface area contributed by atoms with Crippen molar-refractivity contribution in [1.29, 1.82) is 0 Å². The number of hydrogen-bond donors (Lipinski definition) is 1. The first-order chi connectivity index (χ1) is 8.92. The molecule has 2 atom stereocenters. The fourth-order valence-electron chi connectivity index (χ4n) is 2.84. The van der Waals surface area contributed by atoms with Crippen LogP contribution in [0.2, 0.25) is 0 Å². The summed E-state index contributed by atoms with van der Waals surface area (Å²) >= 11 is 1.77. The van der Waals surface area contributed by atoms with E-state index in [2.05, 4.69) is 27.8 Å². The first-order valence-corrected chi connectivity index (χ1v) is 7.50. The molecular weight excluding hydrogens is 244 g/mol. The minimum Gasteiger partial charge on any atom is -0.376 e. The van der Waals surface area contributed by atoms with Crippen LogP contribution in [0.4, 0.5) is 5.82 Å². The summed E-state index contributed by atoms with van der Waals surface area (Å²) in [6.45, 7) is 0.887. The van der Waals surface area contributed by atoms with Gasteiger partial charge in [-0.2, -0.15) is 0 Å². The molecular formula is C14H16N2OS. The second kappa shape index (κ2) is 4.21. The van der Waals surface area contributed by atoms with E-state index >= 15 is 0 Å². The van der Waals surface area contributed by atoms with Crippen LogP contribution < -0.4 is 5.32 Å². The van der Waals surface area contributed by atoms with E-state index in [1.165, 1.54) is 22.9 Å². The number of thiophene rings is 1. The lowest BCUT2D eigenvalue weighted by molar-refractivity contribution is 0.0898. The Kier molecular flexibility index (Phi) is 2.52. The Bertz CT molecular complexity index is 564. The number of nitrogens with zero attached hydrogens (tertiary/aromatic N) is 1. The molecule has 94 valence electrons. The molecule has 2 aliphatic rings. The predicted octanol–water partition coefficient (Wildman–Crippen LogP) is 3.28. The smallest absolute Gasteiger partial charge is 0.134 e. The molecule has 0 bridgehead atoms. The number of fused-ring (bicyclic) bond motifs is 1. The summed E-state index contributed by atoms with van der Waals surface area (Å²) in [6.07, 6.45) is 6.06. The van der Waals surface area contributed by atoms with Crippen molar-refractivity contribution >= 4 is 27.2 Å². The molecule has 0 radical (unpaired) electrons. The number of nitrogens with one attached hydrogen (secondary N) is 1. The lowest BCUT2D eigenvalue weighted by Crippen LogP contribution is -2.31. The number of pyridine rings is 1. The third-order valence-electron chi connectivity index (χ3n) is 3.92. The van der Waals surface area contributed by atoms with Crippen LogP contribution in [0.5, 0.6) is 0 Å². The van der Waals surface area contributed by atoms with Gasteiger partial charge in [-0.1, -0.05) is 0 Å². The minimum atomic E-state index is 0.403. The standard InChI is InChI=1S/C14H16N2OS/c1-2-9(1)13-11(4-7-17-13)16-14-10-5-8-18-12(10)3-6-15-14/h3,5-6,8-9,11,13H,1-2,4,7H2,(H,15,16). The fraction of sp³-hybridized carbons (Fsp3) is 0.500. The summed E-state index contributed by atoms with van der Waals surface area (Å²) in [5.41, 5.74) is 0. The molecule has 3 heterocycles. The van der Waals surface area contributed by atoms with Crippen molar-refractivity contribution in [3.63, 3.8) is 0 Å². The van der Waals surface area contributed by atoms with Crippen molar-refractivity contribution in [2.75, 3.05) is 11.9 Å².